The van der Waals surface area contributed by atoms with Crippen LogP contribution in [0.4, 0.5) is 10.1 Å². The van der Waals surface area contributed by atoms with E-state index in [4.69, 9.17) is 0 Å². The molecule has 1 amide bonds. The van der Waals surface area contributed by atoms with Crippen molar-refractivity contribution in [1.82, 2.24) is 0 Å². The Balaban J connectivity index is 2.26. The summed E-state index contributed by atoms with van der Waals surface area (Å²) < 4.78 is 13.1. The summed E-state index contributed by atoms with van der Waals surface area (Å²) in [6, 6.07) is 9.79. The van der Waals surface area contributed by atoms with Gasteiger partial charge in [-0.2, -0.15) is 0 Å². The molecule has 98 valence electrons. The zero-order valence-electron chi connectivity index (χ0n) is 10.7. The van der Waals surface area contributed by atoms with Gasteiger partial charge in [0.15, 0.2) is 0 Å². The number of rotatable bonds is 2. The summed E-state index contributed by atoms with van der Waals surface area (Å²) in [6.45, 7) is 3.92. The monoisotopic (exact) mass is 275 g/mol. The Kier molecular flexibility index (Phi) is 3.90. The molecule has 0 aliphatic heterocycles. The number of hydrogen-bond acceptors (Lipinski definition) is 2. The number of benzene rings is 2. The SMILES string of the molecule is Cc1cccc(NC(=O)c2ccc(F)c(S)c2)c1C. The van der Waals surface area contributed by atoms with Gasteiger partial charge in [-0.05, 0) is 49.2 Å². The number of carbonyl (C=O) groups is 1. The second-order valence-electron chi connectivity index (χ2n) is 4.37. The molecule has 2 rings (SSSR count). The largest absolute Gasteiger partial charge is 0.322 e. The molecule has 0 fully saturated rings. The Hall–Kier alpha value is -1.81. The molecule has 2 nitrogen and oxygen atoms in total. The number of halogens is 1. The Labute approximate surface area is 117 Å². The zero-order chi connectivity index (χ0) is 14.0. The smallest absolute Gasteiger partial charge is 0.255 e. The average molecular weight is 275 g/mol. The van der Waals surface area contributed by atoms with E-state index in [0.29, 0.717) is 5.56 Å². The molecular formula is C15H14FNOS. The molecule has 0 atom stereocenters. The summed E-state index contributed by atoms with van der Waals surface area (Å²) in [5.74, 6) is -0.712. The standard InChI is InChI=1S/C15H14FNOS/c1-9-4-3-5-13(10(9)2)17-15(18)11-6-7-12(16)14(19)8-11/h3-8,19H,1-2H3,(H,17,18). The second-order valence-corrected chi connectivity index (χ2v) is 4.85. The van der Waals surface area contributed by atoms with Gasteiger partial charge in [0, 0.05) is 16.1 Å². The summed E-state index contributed by atoms with van der Waals surface area (Å²) in [7, 11) is 0. The van der Waals surface area contributed by atoms with Gasteiger partial charge >= 0.3 is 0 Å². The molecule has 0 unspecified atom stereocenters. The van der Waals surface area contributed by atoms with Crippen LogP contribution in [-0.2, 0) is 0 Å². The van der Waals surface area contributed by atoms with Crippen LogP contribution in [0.15, 0.2) is 41.3 Å². The molecule has 0 bridgehead atoms. The van der Waals surface area contributed by atoms with Gasteiger partial charge in [0.05, 0.1) is 0 Å². The zero-order valence-corrected chi connectivity index (χ0v) is 11.6. The van der Waals surface area contributed by atoms with Crippen molar-refractivity contribution in [2.75, 3.05) is 5.32 Å². The molecule has 2 aromatic carbocycles. The highest BCUT2D eigenvalue weighted by molar-refractivity contribution is 7.80. The molecule has 19 heavy (non-hydrogen) atoms. The van der Waals surface area contributed by atoms with E-state index in [2.05, 4.69) is 17.9 Å². The highest BCUT2D eigenvalue weighted by atomic mass is 32.1. The highest BCUT2D eigenvalue weighted by Gasteiger charge is 2.10. The lowest BCUT2D eigenvalue weighted by Crippen LogP contribution is -2.13. The Morgan fingerprint density at radius 1 is 1.21 bits per heavy atom. The lowest BCUT2D eigenvalue weighted by atomic mass is 10.1. The van der Waals surface area contributed by atoms with Crippen LogP contribution < -0.4 is 5.32 Å². The van der Waals surface area contributed by atoms with E-state index in [0.717, 1.165) is 16.8 Å². The third-order valence-electron chi connectivity index (χ3n) is 3.06. The molecule has 0 saturated carbocycles. The maximum atomic E-state index is 13.1. The Morgan fingerprint density at radius 2 is 1.95 bits per heavy atom. The van der Waals surface area contributed by atoms with Crippen molar-refractivity contribution in [3.8, 4) is 0 Å². The van der Waals surface area contributed by atoms with Crippen molar-refractivity contribution in [2.45, 2.75) is 18.7 Å². The van der Waals surface area contributed by atoms with Crippen molar-refractivity contribution in [3.05, 3.63) is 58.9 Å². The first-order valence-corrected chi connectivity index (χ1v) is 6.30. The van der Waals surface area contributed by atoms with Gasteiger partial charge in [0.2, 0.25) is 0 Å². The van der Waals surface area contributed by atoms with Gasteiger partial charge in [-0.1, -0.05) is 12.1 Å². The third-order valence-corrected chi connectivity index (χ3v) is 3.40. The first-order valence-electron chi connectivity index (χ1n) is 5.85. The van der Waals surface area contributed by atoms with Crippen LogP contribution >= 0.6 is 12.6 Å². The molecule has 4 heteroatoms. The topological polar surface area (TPSA) is 29.1 Å². The van der Waals surface area contributed by atoms with Gasteiger partial charge in [0.25, 0.3) is 5.91 Å². The van der Waals surface area contributed by atoms with Crippen LogP contribution in [0.25, 0.3) is 0 Å². The van der Waals surface area contributed by atoms with Crippen LogP contribution in [0.3, 0.4) is 0 Å². The number of hydrogen-bond donors (Lipinski definition) is 2. The van der Waals surface area contributed by atoms with E-state index >= 15 is 0 Å². The average Bonchev–Trinajstić information content (AvgIpc) is 2.38. The molecule has 0 saturated heterocycles. The molecular weight excluding hydrogens is 261 g/mol. The van der Waals surface area contributed by atoms with Crippen molar-refractivity contribution < 1.29 is 9.18 Å². The summed E-state index contributed by atoms with van der Waals surface area (Å²) in [5, 5.41) is 2.82. The molecule has 2 aromatic rings. The van der Waals surface area contributed by atoms with Crippen LogP contribution in [0.2, 0.25) is 0 Å². The fourth-order valence-corrected chi connectivity index (χ4v) is 1.95. The van der Waals surface area contributed by atoms with E-state index in [1.807, 2.05) is 32.0 Å². The molecule has 0 spiro atoms. The first-order chi connectivity index (χ1) is 8.99. The van der Waals surface area contributed by atoms with Crippen molar-refractivity contribution in [3.63, 3.8) is 0 Å². The normalized spacial score (nSPS) is 10.3. The summed E-state index contributed by atoms with van der Waals surface area (Å²) in [5.41, 5.74) is 3.26. The van der Waals surface area contributed by atoms with Crippen molar-refractivity contribution >= 4 is 24.2 Å². The molecule has 0 aliphatic rings. The van der Waals surface area contributed by atoms with Crippen LogP contribution in [0, 0.1) is 19.7 Å². The lowest BCUT2D eigenvalue weighted by Gasteiger charge is -2.10. The minimum Gasteiger partial charge on any atom is -0.322 e. The quantitative estimate of drug-likeness (QED) is 0.797. The molecule has 0 aromatic heterocycles. The third kappa shape index (κ3) is 2.96. The van der Waals surface area contributed by atoms with Crippen molar-refractivity contribution in [2.24, 2.45) is 0 Å². The molecule has 1 N–H and O–H groups in total. The maximum Gasteiger partial charge on any atom is 0.255 e. The predicted octanol–water partition coefficient (Wildman–Crippen LogP) is 3.98. The lowest BCUT2D eigenvalue weighted by molar-refractivity contribution is 0.102. The van der Waals surface area contributed by atoms with Gasteiger partial charge in [-0.3, -0.25) is 4.79 Å². The van der Waals surface area contributed by atoms with Crippen molar-refractivity contribution in [1.29, 1.82) is 0 Å². The Bertz CT molecular complexity index is 640. The summed E-state index contributed by atoms with van der Waals surface area (Å²) >= 11 is 3.97. The van der Waals surface area contributed by atoms with Crippen LogP contribution in [-0.4, -0.2) is 5.91 Å². The minimum atomic E-state index is -0.438. The van der Waals surface area contributed by atoms with Gasteiger partial charge in [-0.25, -0.2) is 4.39 Å². The van der Waals surface area contributed by atoms with E-state index in [9.17, 15) is 9.18 Å². The van der Waals surface area contributed by atoms with Crippen LogP contribution in [0.5, 0.6) is 0 Å². The predicted molar refractivity (Wildman–Crippen MR) is 77.5 cm³/mol. The number of carbonyl (C=O) groups excluding carboxylic acids is 1. The van der Waals surface area contributed by atoms with Crippen LogP contribution in [0.1, 0.15) is 21.5 Å². The second kappa shape index (κ2) is 5.45. The molecule has 0 heterocycles. The van der Waals surface area contributed by atoms with Gasteiger partial charge in [-0.15, -0.1) is 12.6 Å². The van der Waals surface area contributed by atoms with Gasteiger partial charge in [0.1, 0.15) is 5.82 Å². The first kappa shape index (κ1) is 13.6. The Morgan fingerprint density at radius 3 is 2.63 bits per heavy atom. The van der Waals surface area contributed by atoms with E-state index in [-0.39, 0.29) is 10.8 Å². The fraction of sp³-hybridized carbons (Fsp3) is 0.133. The van der Waals surface area contributed by atoms with E-state index < -0.39 is 5.82 Å². The number of nitrogens with one attached hydrogen (secondary N) is 1. The number of anilines is 1. The highest BCUT2D eigenvalue weighted by Crippen LogP contribution is 2.20. The number of amides is 1. The number of aryl methyl sites for hydroxylation is 1. The maximum absolute atomic E-state index is 13.1. The molecule has 0 radical (unpaired) electrons. The number of thiol groups is 1. The fourth-order valence-electron chi connectivity index (χ4n) is 1.73. The molecule has 0 aliphatic carbocycles. The van der Waals surface area contributed by atoms with Gasteiger partial charge < -0.3 is 5.32 Å². The summed E-state index contributed by atoms with van der Waals surface area (Å²) in [4.78, 5) is 12.2. The van der Waals surface area contributed by atoms with E-state index in [1.54, 1.807) is 0 Å². The van der Waals surface area contributed by atoms with E-state index in [1.165, 1.54) is 18.2 Å². The summed E-state index contributed by atoms with van der Waals surface area (Å²) in [6.07, 6.45) is 0. The minimum absolute atomic E-state index is 0.161.